The second-order valence-electron chi connectivity index (χ2n) is 6.63. The Kier molecular flexibility index (Phi) is 9.50. The van der Waals surface area contributed by atoms with E-state index >= 15 is 0 Å². The van der Waals surface area contributed by atoms with Gasteiger partial charge in [0.25, 0.3) is 0 Å². The molecule has 0 aliphatic carbocycles. The first-order chi connectivity index (χ1) is 11.5. The van der Waals surface area contributed by atoms with Crippen LogP contribution in [0.25, 0.3) is 0 Å². The van der Waals surface area contributed by atoms with Crippen molar-refractivity contribution in [2.75, 3.05) is 27.3 Å². The number of hydrogen-bond acceptors (Lipinski definition) is 4. The Balaban J connectivity index is 2.77. The molecule has 0 unspecified atom stereocenters. The molecule has 0 spiro atoms. The minimum atomic E-state index is -0.324. The summed E-state index contributed by atoms with van der Waals surface area (Å²) >= 11 is 0. The molecule has 0 bridgehead atoms. The number of hydrogen-bond donors (Lipinski definition) is 1. The zero-order valence-electron chi connectivity index (χ0n) is 15.6. The average Bonchev–Trinajstić information content (AvgIpc) is 2.57. The van der Waals surface area contributed by atoms with Crippen molar-refractivity contribution in [3.63, 3.8) is 0 Å². The molecule has 1 aromatic rings. The zero-order chi connectivity index (χ0) is 17.9. The first kappa shape index (κ1) is 20.5. The van der Waals surface area contributed by atoms with Crippen LogP contribution in [-0.2, 0) is 6.54 Å². The molecular weight excluding hydrogens is 302 g/mol. The van der Waals surface area contributed by atoms with Crippen molar-refractivity contribution in [1.29, 1.82) is 0 Å². The maximum Gasteiger partial charge on any atom is 0.161 e. The summed E-state index contributed by atoms with van der Waals surface area (Å²) in [6.07, 6.45) is 4.25. The second-order valence-corrected chi connectivity index (χ2v) is 6.63. The molecule has 0 aliphatic heterocycles. The minimum Gasteiger partial charge on any atom is -0.493 e. The second kappa shape index (κ2) is 11.1. The third kappa shape index (κ3) is 7.37. The summed E-state index contributed by atoms with van der Waals surface area (Å²) < 4.78 is 10.7. The van der Waals surface area contributed by atoms with E-state index in [9.17, 15) is 5.11 Å². The lowest BCUT2D eigenvalue weighted by molar-refractivity contribution is 0.0994. The van der Waals surface area contributed by atoms with E-state index in [4.69, 9.17) is 9.47 Å². The van der Waals surface area contributed by atoms with Gasteiger partial charge in [-0.1, -0.05) is 26.0 Å². The fraction of sp³-hybridized carbons (Fsp3) is 0.600. The van der Waals surface area contributed by atoms with Gasteiger partial charge in [-0.25, -0.2) is 0 Å². The van der Waals surface area contributed by atoms with Crippen LogP contribution in [-0.4, -0.2) is 43.4 Å². The van der Waals surface area contributed by atoms with Gasteiger partial charge in [0.1, 0.15) is 0 Å². The quantitative estimate of drug-likeness (QED) is 0.589. The van der Waals surface area contributed by atoms with E-state index in [2.05, 4.69) is 31.4 Å². The van der Waals surface area contributed by atoms with Crippen LogP contribution >= 0.6 is 0 Å². The third-order valence-corrected chi connectivity index (χ3v) is 4.05. The van der Waals surface area contributed by atoms with Gasteiger partial charge in [0, 0.05) is 13.1 Å². The Morgan fingerprint density at radius 1 is 1.17 bits per heavy atom. The standard InChI is InChI=1S/C20H33NO3/c1-6-7-8-18(22)15-21(12-11-16(2)3)14-17-9-10-19(23-4)20(13-17)24-5/h6,9-10,13,16,18,22H,1,7-8,11-12,14-15H2,2-5H3/t18-/m0/s1. The third-order valence-electron chi connectivity index (χ3n) is 4.05. The Bertz CT molecular complexity index is 488. The van der Waals surface area contributed by atoms with E-state index in [0.717, 1.165) is 49.4 Å². The predicted octanol–water partition coefficient (Wildman–Crippen LogP) is 3.88. The highest BCUT2D eigenvalue weighted by Gasteiger charge is 2.14. The van der Waals surface area contributed by atoms with Crippen LogP contribution in [0, 0.1) is 5.92 Å². The number of methoxy groups -OCH3 is 2. The van der Waals surface area contributed by atoms with Gasteiger partial charge in [-0.05, 0) is 49.4 Å². The molecule has 0 aromatic heterocycles. The fourth-order valence-corrected chi connectivity index (χ4v) is 2.61. The normalized spacial score (nSPS) is 12.5. The fourth-order valence-electron chi connectivity index (χ4n) is 2.61. The van der Waals surface area contributed by atoms with Crippen LogP contribution in [0.2, 0.25) is 0 Å². The zero-order valence-corrected chi connectivity index (χ0v) is 15.6. The molecule has 1 aromatic carbocycles. The minimum absolute atomic E-state index is 0.324. The van der Waals surface area contributed by atoms with Crippen LogP contribution in [0.15, 0.2) is 30.9 Å². The number of aliphatic hydroxyl groups excluding tert-OH is 1. The van der Waals surface area contributed by atoms with Crippen LogP contribution in [0.4, 0.5) is 0 Å². The summed E-state index contributed by atoms with van der Waals surface area (Å²) in [6, 6.07) is 6.00. The van der Waals surface area contributed by atoms with Crippen molar-refractivity contribution in [2.45, 2.75) is 45.8 Å². The van der Waals surface area contributed by atoms with Crippen molar-refractivity contribution in [3.8, 4) is 11.5 Å². The van der Waals surface area contributed by atoms with Crippen molar-refractivity contribution >= 4 is 0 Å². The summed E-state index contributed by atoms with van der Waals surface area (Å²) in [6.45, 7) is 10.6. The Hall–Kier alpha value is -1.52. The first-order valence-corrected chi connectivity index (χ1v) is 8.72. The van der Waals surface area contributed by atoms with Crippen molar-refractivity contribution in [3.05, 3.63) is 36.4 Å². The number of ether oxygens (including phenoxy) is 2. The monoisotopic (exact) mass is 335 g/mol. The smallest absolute Gasteiger partial charge is 0.161 e. The van der Waals surface area contributed by atoms with Gasteiger partial charge >= 0.3 is 0 Å². The maximum absolute atomic E-state index is 10.2. The molecule has 24 heavy (non-hydrogen) atoms. The molecule has 0 amide bonds. The summed E-state index contributed by atoms with van der Waals surface area (Å²) in [5.41, 5.74) is 1.16. The molecule has 4 nitrogen and oxygen atoms in total. The molecule has 0 saturated carbocycles. The van der Waals surface area contributed by atoms with E-state index in [-0.39, 0.29) is 6.10 Å². The summed E-state index contributed by atoms with van der Waals surface area (Å²) in [5.74, 6) is 2.12. The van der Waals surface area contributed by atoms with Gasteiger partial charge in [-0.3, -0.25) is 4.90 Å². The molecular formula is C20H33NO3. The molecule has 0 aliphatic rings. The Morgan fingerprint density at radius 2 is 1.88 bits per heavy atom. The molecule has 4 heteroatoms. The van der Waals surface area contributed by atoms with Gasteiger partial charge in [-0.15, -0.1) is 6.58 Å². The lowest BCUT2D eigenvalue weighted by Gasteiger charge is -2.26. The molecule has 1 N–H and O–H groups in total. The Labute approximate surface area is 147 Å². The molecule has 1 rings (SSSR count). The number of nitrogens with zero attached hydrogens (tertiary/aromatic N) is 1. The molecule has 1 atom stereocenters. The molecule has 0 heterocycles. The average molecular weight is 335 g/mol. The highest BCUT2D eigenvalue weighted by molar-refractivity contribution is 5.42. The van der Waals surface area contributed by atoms with Crippen LogP contribution in [0.1, 0.15) is 38.7 Å². The predicted molar refractivity (Wildman–Crippen MR) is 99.7 cm³/mol. The summed E-state index contributed by atoms with van der Waals surface area (Å²) in [7, 11) is 3.29. The van der Waals surface area contributed by atoms with E-state index in [1.54, 1.807) is 14.2 Å². The molecule has 0 radical (unpaired) electrons. The van der Waals surface area contributed by atoms with Gasteiger partial charge in [0.2, 0.25) is 0 Å². The molecule has 136 valence electrons. The number of rotatable bonds is 12. The van der Waals surface area contributed by atoms with Crippen molar-refractivity contribution in [1.82, 2.24) is 4.90 Å². The van der Waals surface area contributed by atoms with Crippen LogP contribution in [0.3, 0.4) is 0 Å². The van der Waals surface area contributed by atoms with E-state index in [0.29, 0.717) is 12.5 Å². The van der Waals surface area contributed by atoms with Crippen LogP contribution < -0.4 is 9.47 Å². The number of aliphatic hydroxyl groups is 1. The summed E-state index contributed by atoms with van der Waals surface area (Å²) in [4.78, 5) is 2.31. The topological polar surface area (TPSA) is 41.9 Å². The Morgan fingerprint density at radius 3 is 2.46 bits per heavy atom. The first-order valence-electron chi connectivity index (χ1n) is 8.72. The van der Waals surface area contributed by atoms with Gasteiger partial charge in [0.15, 0.2) is 11.5 Å². The van der Waals surface area contributed by atoms with Gasteiger partial charge in [-0.2, -0.15) is 0 Å². The van der Waals surface area contributed by atoms with E-state index in [1.807, 2.05) is 18.2 Å². The van der Waals surface area contributed by atoms with E-state index < -0.39 is 0 Å². The van der Waals surface area contributed by atoms with Crippen LogP contribution in [0.5, 0.6) is 11.5 Å². The van der Waals surface area contributed by atoms with E-state index in [1.165, 1.54) is 0 Å². The largest absolute Gasteiger partial charge is 0.493 e. The number of benzene rings is 1. The lowest BCUT2D eigenvalue weighted by Crippen LogP contribution is -2.33. The SMILES string of the molecule is C=CCC[C@H](O)CN(CCC(C)C)Cc1ccc(OC)c(OC)c1. The molecule has 0 saturated heterocycles. The molecule has 0 fully saturated rings. The lowest BCUT2D eigenvalue weighted by atomic mass is 10.1. The highest BCUT2D eigenvalue weighted by Crippen LogP contribution is 2.28. The summed E-state index contributed by atoms with van der Waals surface area (Å²) in [5, 5.41) is 10.2. The van der Waals surface area contributed by atoms with Crippen molar-refractivity contribution in [2.24, 2.45) is 5.92 Å². The van der Waals surface area contributed by atoms with Crippen molar-refractivity contribution < 1.29 is 14.6 Å². The highest BCUT2D eigenvalue weighted by atomic mass is 16.5. The van der Waals surface area contributed by atoms with Gasteiger partial charge in [0.05, 0.1) is 20.3 Å². The van der Waals surface area contributed by atoms with Gasteiger partial charge < -0.3 is 14.6 Å². The number of allylic oxidation sites excluding steroid dienone is 1. The maximum atomic E-state index is 10.2.